The predicted molar refractivity (Wildman–Crippen MR) is 79.3 cm³/mol. The lowest BCUT2D eigenvalue weighted by atomic mass is 10.2. The van der Waals surface area contributed by atoms with Gasteiger partial charge in [0.05, 0.1) is 5.75 Å². The lowest BCUT2D eigenvalue weighted by Gasteiger charge is -2.08. The molecule has 0 aliphatic rings. The largest absolute Gasteiger partial charge is 0.398 e. The Morgan fingerprint density at radius 1 is 1.42 bits per heavy atom. The minimum atomic E-state index is -2.98. The first kappa shape index (κ1) is 15.8. The minimum Gasteiger partial charge on any atom is -0.398 e. The van der Waals surface area contributed by atoms with E-state index in [0.29, 0.717) is 23.5 Å². The molecule has 106 valence electrons. The minimum absolute atomic E-state index is 0.0858. The van der Waals surface area contributed by atoms with Crippen molar-refractivity contribution in [3.63, 3.8) is 0 Å². The molecule has 5 nitrogen and oxygen atoms in total. The molecule has 0 aliphatic carbocycles. The molecule has 0 saturated heterocycles. The Bertz CT molecular complexity index is 556. The van der Waals surface area contributed by atoms with Gasteiger partial charge in [0.2, 0.25) is 0 Å². The van der Waals surface area contributed by atoms with Crippen molar-refractivity contribution in [3.05, 3.63) is 23.8 Å². The summed E-state index contributed by atoms with van der Waals surface area (Å²) in [6, 6.07) is 5.00. The van der Waals surface area contributed by atoms with Gasteiger partial charge in [-0.05, 0) is 25.1 Å². The van der Waals surface area contributed by atoms with Gasteiger partial charge in [-0.3, -0.25) is 4.79 Å². The van der Waals surface area contributed by atoms with Gasteiger partial charge < -0.3 is 11.1 Å². The number of hydrogen-bond acceptors (Lipinski definition) is 5. The van der Waals surface area contributed by atoms with Crippen LogP contribution in [0.25, 0.3) is 0 Å². The molecule has 1 aromatic carbocycles. The highest BCUT2D eigenvalue weighted by Crippen LogP contribution is 2.26. The number of nitrogens with two attached hydrogens (primary N) is 1. The zero-order valence-corrected chi connectivity index (χ0v) is 12.6. The highest BCUT2D eigenvalue weighted by molar-refractivity contribution is 8.00. The van der Waals surface area contributed by atoms with Crippen molar-refractivity contribution in [2.45, 2.75) is 11.8 Å². The Morgan fingerprint density at radius 3 is 2.68 bits per heavy atom. The van der Waals surface area contributed by atoms with Crippen LogP contribution in [0, 0.1) is 0 Å². The van der Waals surface area contributed by atoms with Crippen molar-refractivity contribution >= 4 is 33.2 Å². The fourth-order valence-corrected chi connectivity index (χ4v) is 3.58. The third-order valence-corrected chi connectivity index (χ3v) is 4.60. The van der Waals surface area contributed by atoms with E-state index in [9.17, 15) is 13.2 Å². The molecular formula is C12H18N2O3S2. The van der Waals surface area contributed by atoms with E-state index in [1.54, 1.807) is 18.2 Å². The van der Waals surface area contributed by atoms with Crippen LogP contribution in [0.15, 0.2) is 23.1 Å². The van der Waals surface area contributed by atoms with E-state index in [2.05, 4.69) is 5.32 Å². The van der Waals surface area contributed by atoms with Gasteiger partial charge in [0.1, 0.15) is 9.84 Å². The van der Waals surface area contributed by atoms with Crippen molar-refractivity contribution in [2.75, 3.05) is 30.0 Å². The van der Waals surface area contributed by atoms with Gasteiger partial charge >= 0.3 is 0 Å². The van der Waals surface area contributed by atoms with Crippen molar-refractivity contribution < 1.29 is 13.2 Å². The number of hydrogen-bond donors (Lipinski definition) is 2. The number of carbonyl (C=O) groups is 1. The van der Waals surface area contributed by atoms with E-state index in [4.69, 9.17) is 5.73 Å². The molecular weight excluding hydrogens is 284 g/mol. The number of nitrogens with one attached hydrogen (secondary N) is 1. The van der Waals surface area contributed by atoms with Crippen molar-refractivity contribution in [1.29, 1.82) is 0 Å². The molecule has 0 fully saturated rings. The summed E-state index contributed by atoms with van der Waals surface area (Å²) in [4.78, 5) is 12.4. The molecule has 0 atom stereocenters. The molecule has 1 rings (SSSR count). The molecule has 0 heterocycles. The summed E-state index contributed by atoms with van der Waals surface area (Å²) in [6.07, 6.45) is 1.20. The molecule has 0 radical (unpaired) electrons. The van der Waals surface area contributed by atoms with Crippen LogP contribution in [0.2, 0.25) is 0 Å². The third kappa shape index (κ3) is 5.52. The Labute approximate surface area is 117 Å². The number of carbonyl (C=O) groups excluding carboxylic acids is 1. The summed E-state index contributed by atoms with van der Waals surface area (Å²) < 4.78 is 22.1. The van der Waals surface area contributed by atoms with E-state index >= 15 is 0 Å². The summed E-state index contributed by atoms with van der Waals surface area (Å²) in [5, 5.41) is 2.70. The Hall–Kier alpha value is -1.21. The van der Waals surface area contributed by atoms with E-state index < -0.39 is 9.84 Å². The number of rotatable bonds is 6. The standard InChI is InChI=1S/C12H18N2O3S2/c1-3-14-12(15)9-4-5-10(13)11(8-9)18-6-7-19(2,16)17/h4-5,8H,3,6-7,13H2,1-2H3,(H,14,15). The zero-order valence-electron chi connectivity index (χ0n) is 11.0. The first-order valence-electron chi connectivity index (χ1n) is 5.81. The van der Waals surface area contributed by atoms with Gasteiger partial charge in [-0.15, -0.1) is 11.8 Å². The number of sulfone groups is 1. The fourth-order valence-electron chi connectivity index (χ4n) is 1.37. The van der Waals surface area contributed by atoms with Crippen LogP contribution in [0.3, 0.4) is 0 Å². The highest BCUT2D eigenvalue weighted by Gasteiger charge is 2.09. The summed E-state index contributed by atoms with van der Waals surface area (Å²) in [7, 11) is -2.98. The van der Waals surface area contributed by atoms with Gasteiger partial charge in [-0.25, -0.2) is 8.42 Å². The van der Waals surface area contributed by atoms with Crippen LogP contribution < -0.4 is 11.1 Å². The Balaban J connectivity index is 2.77. The molecule has 3 N–H and O–H groups in total. The monoisotopic (exact) mass is 302 g/mol. The maximum atomic E-state index is 11.7. The van der Waals surface area contributed by atoms with Crippen LogP contribution in [0.5, 0.6) is 0 Å². The average Bonchev–Trinajstić information content (AvgIpc) is 2.30. The van der Waals surface area contributed by atoms with Gasteiger partial charge in [-0.2, -0.15) is 0 Å². The maximum absolute atomic E-state index is 11.7. The van der Waals surface area contributed by atoms with Gasteiger partial charge in [0, 0.05) is 34.7 Å². The molecule has 0 aliphatic heterocycles. The number of nitrogen functional groups attached to an aromatic ring is 1. The Morgan fingerprint density at radius 2 is 2.11 bits per heavy atom. The van der Waals surface area contributed by atoms with Crippen LogP contribution in [0.1, 0.15) is 17.3 Å². The maximum Gasteiger partial charge on any atom is 0.251 e. The molecule has 0 saturated carbocycles. The second kappa shape index (κ2) is 6.81. The number of benzene rings is 1. The van der Waals surface area contributed by atoms with Crippen LogP contribution in [-0.4, -0.2) is 38.6 Å². The lowest BCUT2D eigenvalue weighted by Crippen LogP contribution is -2.22. The molecule has 1 amide bonds. The summed E-state index contributed by atoms with van der Waals surface area (Å²) in [6.45, 7) is 2.40. The topological polar surface area (TPSA) is 89.3 Å². The second-order valence-electron chi connectivity index (χ2n) is 4.09. The van der Waals surface area contributed by atoms with E-state index in [-0.39, 0.29) is 11.7 Å². The molecule has 7 heteroatoms. The molecule has 0 unspecified atom stereocenters. The fraction of sp³-hybridized carbons (Fsp3) is 0.417. The van der Waals surface area contributed by atoms with E-state index in [1.165, 1.54) is 18.0 Å². The first-order chi connectivity index (χ1) is 8.83. The highest BCUT2D eigenvalue weighted by atomic mass is 32.2. The second-order valence-corrected chi connectivity index (χ2v) is 7.49. The van der Waals surface area contributed by atoms with Gasteiger partial charge in [0.15, 0.2) is 0 Å². The van der Waals surface area contributed by atoms with Gasteiger partial charge in [-0.1, -0.05) is 0 Å². The molecule has 1 aromatic rings. The van der Waals surface area contributed by atoms with Crippen molar-refractivity contribution in [2.24, 2.45) is 0 Å². The number of amides is 1. The molecule has 19 heavy (non-hydrogen) atoms. The number of thioether (sulfide) groups is 1. The van der Waals surface area contributed by atoms with E-state index in [0.717, 1.165) is 4.90 Å². The molecule has 0 spiro atoms. The third-order valence-electron chi connectivity index (χ3n) is 2.32. The van der Waals surface area contributed by atoms with Crippen LogP contribution >= 0.6 is 11.8 Å². The van der Waals surface area contributed by atoms with Crippen molar-refractivity contribution in [3.8, 4) is 0 Å². The first-order valence-corrected chi connectivity index (χ1v) is 8.86. The molecule has 0 aromatic heterocycles. The smallest absolute Gasteiger partial charge is 0.251 e. The summed E-state index contributed by atoms with van der Waals surface area (Å²) >= 11 is 1.34. The number of anilines is 1. The normalized spacial score (nSPS) is 11.3. The summed E-state index contributed by atoms with van der Waals surface area (Å²) in [5.74, 6) is 0.345. The predicted octanol–water partition coefficient (Wildman–Crippen LogP) is 1.16. The van der Waals surface area contributed by atoms with Crippen LogP contribution in [-0.2, 0) is 9.84 Å². The van der Waals surface area contributed by atoms with Gasteiger partial charge in [0.25, 0.3) is 5.91 Å². The SMILES string of the molecule is CCNC(=O)c1ccc(N)c(SCCS(C)(=O)=O)c1. The summed E-state index contributed by atoms with van der Waals surface area (Å²) in [5.41, 5.74) is 6.88. The molecule has 0 bridgehead atoms. The van der Waals surface area contributed by atoms with E-state index in [1.807, 2.05) is 6.92 Å². The zero-order chi connectivity index (χ0) is 14.5. The average molecular weight is 302 g/mol. The quantitative estimate of drug-likeness (QED) is 0.608. The van der Waals surface area contributed by atoms with Crippen LogP contribution in [0.4, 0.5) is 5.69 Å². The lowest BCUT2D eigenvalue weighted by molar-refractivity contribution is 0.0955. The van der Waals surface area contributed by atoms with Crippen molar-refractivity contribution in [1.82, 2.24) is 5.32 Å². The Kier molecular flexibility index (Phi) is 5.68.